The van der Waals surface area contributed by atoms with Crippen molar-refractivity contribution >= 4 is 28.1 Å². The van der Waals surface area contributed by atoms with E-state index in [9.17, 15) is 0 Å². The van der Waals surface area contributed by atoms with Gasteiger partial charge in [-0.3, -0.25) is 0 Å². The number of halogens is 1. The van der Waals surface area contributed by atoms with E-state index in [1.54, 1.807) is 7.11 Å². The van der Waals surface area contributed by atoms with Crippen molar-refractivity contribution in [3.8, 4) is 0 Å². The summed E-state index contributed by atoms with van der Waals surface area (Å²) in [5, 5.41) is 0. The maximum atomic E-state index is 5.31. The predicted octanol–water partition coefficient (Wildman–Crippen LogP) is 4.49. The molecule has 100 valence electrons. The number of nitrogens with zero attached hydrogens (tertiary/aromatic N) is 1. The molecule has 1 aliphatic rings. The minimum absolute atomic E-state index is 0.526. The summed E-state index contributed by atoms with van der Waals surface area (Å²) in [5.74, 6) is 1.56. The van der Waals surface area contributed by atoms with E-state index in [2.05, 4.69) is 25.9 Å². The Hall–Kier alpha value is -0.260. The maximum absolute atomic E-state index is 5.31. The molecule has 0 atom stereocenters. The van der Waals surface area contributed by atoms with Crippen LogP contribution in [0.3, 0.4) is 0 Å². The van der Waals surface area contributed by atoms with E-state index in [0.717, 1.165) is 16.0 Å². The number of nitrogens with one attached hydrogen (secondary N) is 1. The minimum atomic E-state index is 0.526. The second-order valence-electron chi connectivity index (χ2n) is 4.84. The summed E-state index contributed by atoms with van der Waals surface area (Å²) >= 11 is 8.79. The van der Waals surface area contributed by atoms with Gasteiger partial charge in [-0.15, -0.1) is 0 Å². The Morgan fingerprint density at radius 1 is 1.33 bits per heavy atom. The summed E-state index contributed by atoms with van der Waals surface area (Å²) in [6, 6.07) is 0. The number of methoxy groups -OCH3 is 1. The largest absolute Gasteiger partial charge is 0.378 e. The minimum Gasteiger partial charge on any atom is -0.378 e. The van der Waals surface area contributed by atoms with Crippen molar-refractivity contribution in [1.29, 1.82) is 0 Å². The Kier molecular flexibility index (Phi) is 5.33. The van der Waals surface area contributed by atoms with Crippen molar-refractivity contribution in [2.45, 2.75) is 51.0 Å². The summed E-state index contributed by atoms with van der Waals surface area (Å²) in [6.45, 7) is 0.534. The van der Waals surface area contributed by atoms with Gasteiger partial charge >= 0.3 is 0 Å². The highest BCUT2D eigenvalue weighted by Crippen LogP contribution is 2.30. The van der Waals surface area contributed by atoms with Gasteiger partial charge in [-0.25, -0.2) is 4.98 Å². The molecule has 5 heteroatoms. The zero-order chi connectivity index (χ0) is 13.0. The van der Waals surface area contributed by atoms with Crippen LogP contribution < -0.4 is 0 Å². The number of rotatable bonds is 3. The standard InChI is InChI=1S/C13H19BrN2OS/c1-17-8-10-11(14)13(18)16-12(15-10)9-6-4-2-3-5-7-9/h9H,2-8H2,1H3,(H,15,16,18). The number of hydrogen-bond acceptors (Lipinski definition) is 3. The Morgan fingerprint density at radius 3 is 2.61 bits per heavy atom. The Morgan fingerprint density at radius 2 is 2.00 bits per heavy atom. The van der Waals surface area contributed by atoms with Gasteiger partial charge in [0.15, 0.2) is 0 Å². The molecule has 0 bridgehead atoms. The quantitative estimate of drug-likeness (QED) is 0.655. The van der Waals surface area contributed by atoms with Crippen molar-refractivity contribution in [3.05, 3.63) is 20.6 Å². The van der Waals surface area contributed by atoms with Crippen LogP contribution in [-0.2, 0) is 11.3 Å². The Labute approximate surface area is 121 Å². The Balaban J connectivity index is 2.29. The second kappa shape index (κ2) is 6.78. The van der Waals surface area contributed by atoms with Gasteiger partial charge in [0.25, 0.3) is 0 Å². The fraction of sp³-hybridized carbons (Fsp3) is 0.692. The molecule has 0 saturated heterocycles. The third-order valence-electron chi connectivity index (χ3n) is 3.48. The molecule has 0 spiro atoms. The van der Waals surface area contributed by atoms with E-state index in [1.165, 1.54) is 38.5 Å². The van der Waals surface area contributed by atoms with E-state index < -0.39 is 0 Å². The zero-order valence-corrected chi connectivity index (χ0v) is 13.1. The van der Waals surface area contributed by atoms with Crippen molar-refractivity contribution in [2.75, 3.05) is 7.11 Å². The summed E-state index contributed by atoms with van der Waals surface area (Å²) in [6.07, 6.45) is 7.71. The average Bonchev–Trinajstić information content (AvgIpc) is 2.63. The highest BCUT2D eigenvalue weighted by molar-refractivity contribution is 9.10. The first-order valence-electron chi connectivity index (χ1n) is 6.50. The summed E-state index contributed by atoms with van der Waals surface area (Å²) in [4.78, 5) is 7.94. The van der Waals surface area contributed by atoms with E-state index >= 15 is 0 Å². The van der Waals surface area contributed by atoms with E-state index in [0.29, 0.717) is 17.2 Å². The molecule has 1 aromatic heterocycles. The van der Waals surface area contributed by atoms with Crippen molar-refractivity contribution in [2.24, 2.45) is 0 Å². The summed E-state index contributed by atoms with van der Waals surface area (Å²) < 4.78 is 6.69. The van der Waals surface area contributed by atoms with Gasteiger partial charge < -0.3 is 9.72 Å². The van der Waals surface area contributed by atoms with Crippen molar-refractivity contribution in [1.82, 2.24) is 9.97 Å². The number of aromatic amines is 1. The lowest BCUT2D eigenvalue weighted by Crippen LogP contribution is -2.08. The lowest BCUT2D eigenvalue weighted by molar-refractivity contribution is 0.180. The molecule has 1 heterocycles. The van der Waals surface area contributed by atoms with Crippen molar-refractivity contribution in [3.63, 3.8) is 0 Å². The third kappa shape index (κ3) is 3.39. The van der Waals surface area contributed by atoms with E-state index in [1.807, 2.05) is 0 Å². The lowest BCUT2D eigenvalue weighted by Gasteiger charge is -2.15. The van der Waals surface area contributed by atoms with Crippen LogP contribution in [0.2, 0.25) is 0 Å². The van der Waals surface area contributed by atoms with Crippen LogP contribution >= 0.6 is 28.1 Å². The molecule has 1 aliphatic carbocycles. The molecule has 0 aromatic carbocycles. The van der Waals surface area contributed by atoms with Crippen LogP contribution in [0.4, 0.5) is 0 Å². The molecule has 2 rings (SSSR count). The molecular weight excluding hydrogens is 312 g/mol. The first-order chi connectivity index (χ1) is 8.72. The van der Waals surface area contributed by atoms with Gasteiger partial charge in [-0.05, 0) is 28.8 Å². The van der Waals surface area contributed by atoms with Crippen LogP contribution in [0.25, 0.3) is 0 Å². The highest BCUT2D eigenvalue weighted by Gasteiger charge is 2.18. The fourth-order valence-corrected chi connectivity index (χ4v) is 3.04. The van der Waals surface area contributed by atoms with Gasteiger partial charge in [-0.2, -0.15) is 0 Å². The topological polar surface area (TPSA) is 37.9 Å². The first kappa shape index (κ1) is 14.2. The number of hydrogen-bond donors (Lipinski definition) is 1. The number of H-pyrrole nitrogens is 1. The zero-order valence-electron chi connectivity index (χ0n) is 10.7. The fourth-order valence-electron chi connectivity index (χ4n) is 2.51. The molecule has 1 fully saturated rings. The summed E-state index contributed by atoms with van der Waals surface area (Å²) in [5.41, 5.74) is 0.997. The molecule has 3 nitrogen and oxygen atoms in total. The Bertz CT molecular complexity index is 453. The highest BCUT2D eigenvalue weighted by atomic mass is 79.9. The number of ether oxygens (including phenoxy) is 1. The van der Waals surface area contributed by atoms with Crippen LogP contribution in [0.1, 0.15) is 56.0 Å². The third-order valence-corrected chi connectivity index (χ3v) is 4.90. The number of aromatic nitrogens is 2. The molecule has 1 saturated carbocycles. The normalized spacial score (nSPS) is 17.7. The molecule has 1 N–H and O–H groups in total. The first-order valence-corrected chi connectivity index (χ1v) is 7.70. The smallest absolute Gasteiger partial charge is 0.144 e. The molecule has 0 amide bonds. The van der Waals surface area contributed by atoms with Gasteiger partial charge in [-0.1, -0.05) is 37.9 Å². The van der Waals surface area contributed by atoms with Gasteiger partial charge in [0, 0.05) is 13.0 Å². The van der Waals surface area contributed by atoms with E-state index in [-0.39, 0.29) is 0 Å². The monoisotopic (exact) mass is 330 g/mol. The molecule has 0 radical (unpaired) electrons. The average molecular weight is 331 g/mol. The van der Waals surface area contributed by atoms with Gasteiger partial charge in [0.05, 0.1) is 16.8 Å². The maximum Gasteiger partial charge on any atom is 0.144 e. The van der Waals surface area contributed by atoms with Crippen LogP contribution in [0.5, 0.6) is 0 Å². The SMILES string of the molecule is COCc1[nH]c(C2CCCCCC2)nc(=S)c1Br. The molecule has 18 heavy (non-hydrogen) atoms. The van der Waals surface area contributed by atoms with E-state index in [4.69, 9.17) is 17.0 Å². The van der Waals surface area contributed by atoms with Crippen LogP contribution in [0.15, 0.2) is 4.47 Å². The van der Waals surface area contributed by atoms with Crippen LogP contribution in [0, 0.1) is 4.64 Å². The second-order valence-corrected chi connectivity index (χ2v) is 6.02. The predicted molar refractivity (Wildman–Crippen MR) is 78.3 cm³/mol. The molecule has 1 aromatic rings. The summed E-state index contributed by atoms with van der Waals surface area (Å²) in [7, 11) is 1.69. The van der Waals surface area contributed by atoms with Crippen LogP contribution in [-0.4, -0.2) is 17.1 Å². The molecule has 0 unspecified atom stereocenters. The molecular formula is C13H19BrN2OS. The van der Waals surface area contributed by atoms with Gasteiger partial charge in [0.1, 0.15) is 10.5 Å². The van der Waals surface area contributed by atoms with Gasteiger partial charge in [0.2, 0.25) is 0 Å². The lowest BCUT2D eigenvalue weighted by atomic mass is 9.99. The van der Waals surface area contributed by atoms with Crippen molar-refractivity contribution < 1.29 is 4.74 Å². The molecule has 0 aliphatic heterocycles.